The van der Waals surface area contributed by atoms with Gasteiger partial charge in [-0.1, -0.05) is 6.92 Å². The van der Waals surface area contributed by atoms with Crippen LogP contribution in [-0.4, -0.2) is 31.1 Å². The van der Waals surface area contributed by atoms with Crippen LogP contribution in [0, 0.1) is 0 Å². The first-order valence-electron chi connectivity index (χ1n) is 6.62. The van der Waals surface area contributed by atoms with Crippen LogP contribution in [0.1, 0.15) is 20.3 Å². The van der Waals surface area contributed by atoms with Gasteiger partial charge in [-0.15, -0.1) is 0 Å². The lowest BCUT2D eigenvalue weighted by molar-refractivity contribution is -0.136. The minimum atomic E-state index is -0.942. The normalized spacial score (nSPS) is 16.2. The number of carbonyl (C=O) groups is 2. The average Bonchev–Trinajstić information content (AvgIpc) is 2.47. The molecule has 1 unspecified atom stereocenters. The van der Waals surface area contributed by atoms with E-state index in [-0.39, 0.29) is 18.4 Å². The summed E-state index contributed by atoms with van der Waals surface area (Å²) in [6.07, 6.45) is 0.514. The van der Waals surface area contributed by atoms with Crippen molar-refractivity contribution in [3.8, 4) is 5.75 Å². The van der Waals surface area contributed by atoms with Crippen molar-refractivity contribution in [2.75, 3.05) is 30.1 Å². The highest BCUT2D eigenvalue weighted by atomic mass is 16.5. The Bertz CT molecular complexity index is 582. The summed E-state index contributed by atoms with van der Waals surface area (Å²) in [6, 6.07) is 3.14. The summed E-state index contributed by atoms with van der Waals surface area (Å²) in [7, 11) is 1.48. The SMILES string of the molecule is CCC(C)(OC)C(=O)Nc1cc2c(cc1N)OCC(=O)N2. The molecule has 1 atom stereocenters. The van der Waals surface area contributed by atoms with Crippen molar-refractivity contribution in [2.24, 2.45) is 0 Å². The van der Waals surface area contributed by atoms with Gasteiger partial charge >= 0.3 is 0 Å². The summed E-state index contributed by atoms with van der Waals surface area (Å²) in [4.78, 5) is 23.6. The second-order valence-electron chi connectivity index (χ2n) is 5.02. The molecule has 0 saturated heterocycles. The Labute approximate surface area is 122 Å². The molecule has 0 aliphatic carbocycles. The Balaban J connectivity index is 2.27. The summed E-state index contributed by atoms with van der Waals surface area (Å²) >= 11 is 0. The molecular formula is C14H19N3O4. The third-order valence-corrected chi connectivity index (χ3v) is 3.64. The smallest absolute Gasteiger partial charge is 0.262 e. The van der Waals surface area contributed by atoms with Crippen molar-refractivity contribution >= 4 is 28.9 Å². The Morgan fingerprint density at radius 1 is 1.57 bits per heavy atom. The van der Waals surface area contributed by atoms with Crippen molar-refractivity contribution in [2.45, 2.75) is 25.9 Å². The minimum Gasteiger partial charge on any atom is -0.482 e. The molecule has 1 aliphatic rings. The van der Waals surface area contributed by atoms with Gasteiger partial charge in [0.2, 0.25) is 0 Å². The highest BCUT2D eigenvalue weighted by Crippen LogP contribution is 2.35. The van der Waals surface area contributed by atoms with Crippen LogP contribution in [-0.2, 0) is 14.3 Å². The number of nitrogen functional groups attached to an aromatic ring is 1. The monoisotopic (exact) mass is 293 g/mol. The van der Waals surface area contributed by atoms with Gasteiger partial charge in [0.1, 0.15) is 11.4 Å². The summed E-state index contributed by atoms with van der Waals surface area (Å²) in [5, 5.41) is 5.39. The number of nitrogens with one attached hydrogen (secondary N) is 2. The highest BCUT2D eigenvalue weighted by Gasteiger charge is 2.31. The average molecular weight is 293 g/mol. The lowest BCUT2D eigenvalue weighted by Crippen LogP contribution is -2.41. The zero-order valence-corrected chi connectivity index (χ0v) is 12.3. The maximum Gasteiger partial charge on any atom is 0.262 e. The molecule has 0 radical (unpaired) electrons. The predicted molar refractivity (Wildman–Crippen MR) is 79.3 cm³/mol. The fourth-order valence-electron chi connectivity index (χ4n) is 1.90. The van der Waals surface area contributed by atoms with E-state index in [4.69, 9.17) is 15.2 Å². The van der Waals surface area contributed by atoms with Crippen LogP contribution < -0.4 is 21.1 Å². The lowest BCUT2D eigenvalue weighted by atomic mass is 10.0. The number of rotatable bonds is 4. The van der Waals surface area contributed by atoms with Crippen molar-refractivity contribution in [1.29, 1.82) is 0 Å². The van der Waals surface area contributed by atoms with E-state index in [9.17, 15) is 9.59 Å². The standard InChI is InChI=1S/C14H19N3O4/c1-4-14(2,20-3)13(19)17-9-6-10-11(5-8(9)15)21-7-12(18)16-10/h5-6H,4,7,15H2,1-3H3,(H,16,18)(H,17,19). The van der Waals surface area contributed by atoms with Crippen LogP contribution in [0.3, 0.4) is 0 Å². The summed E-state index contributed by atoms with van der Waals surface area (Å²) in [6.45, 7) is 3.50. The third-order valence-electron chi connectivity index (χ3n) is 3.64. The highest BCUT2D eigenvalue weighted by molar-refractivity contribution is 6.02. The molecule has 7 nitrogen and oxygen atoms in total. The van der Waals surface area contributed by atoms with E-state index in [1.165, 1.54) is 7.11 Å². The zero-order valence-electron chi connectivity index (χ0n) is 12.3. The van der Waals surface area contributed by atoms with Gasteiger partial charge in [0.15, 0.2) is 6.61 Å². The van der Waals surface area contributed by atoms with Gasteiger partial charge in [0, 0.05) is 13.2 Å². The van der Waals surface area contributed by atoms with Gasteiger partial charge in [-0.2, -0.15) is 0 Å². The fraction of sp³-hybridized carbons (Fsp3) is 0.429. The number of hydrogen-bond donors (Lipinski definition) is 3. The molecule has 1 aromatic rings. The van der Waals surface area contributed by atoms with Crippen LogP contribution >= 0.6 is 0 Å². The van der Waals surface area contributed by atoms with E-state index in [0.717, 1.165) is 0 Å². The first-order valence-corrected chi connectivity index (χ1v) is 6.62. The number of carbonyl (C=O) groups excluding carboxylic acids is 2. The number of hydrogen-bond acceptors (Lipinski definition) is 5. The van der Waals surface area contributed by atoms with Crippen molar-refractivity contribution in [3.05, 3.63) is 12.1 Å². The Morgan fingerprint density at radius 2 is 2.29 bits per heavy atom. The Hall–Kier alpha value is -2.28. The molecule has 1 heterocycles. The number of fused-ring (bicyclic) bond motifs is 1. The van der Waals surface area contributed by atoms with Gasteiger partial charge in [0.25, 0.3) is 11.8 Å². The first kappa shape index (κ1) is 15.1. The van der Waals surface area contributed by atoms with E-state index >= 15 is 0 Å². The molecule has 7 heteroatoms. The lowest BCUT2D eigenvalue weighted by Gasteiger charge is -2.26. The van der Waals surface area contributed by atoms with Crippen LogP contribution in [0.15, 0.2) is 12.1 Å². The van der Waals surface area contributed by atoms with Crippen LogP contribution in [0.2, 0.25) is 0 Å². The van der Waals surface area contributed by atoms with Gasteiger partial charge < -0.3 is 25.8 Å². The van der Waals surface area contributed by atoms with Gasteiger partial charge in [-0.05, 0) is 19.4 Å². The summed E-state index contributed by atoms with van der Waals surface area (Å²) in [5.74, 6) is -0.0721. The first-order chi connectivity index (χ1) is 9.89. The van der Waals surface area contributed by atoms with E-state index in [1.54, 1.807) is 19.1 Å². The molecule has 4 N–H and O–H groups in total. The molecule has 0 saturated carbocycles. The summed E-state index contributed by atoms with van der Waals surface area (Å²) < 4.78 is 10.5. The topological polar surface area (TPSA) is 103 Å². The van der Waals surface area contributed by atoms with Crippen LogP contribution in [0.25, 0.3) is 0 Å². The molecule has 0 bridgehead atoms. The van der Waals surface area contributed by atoms with Gasteiger partial charge in [-0.25, -0.2) is 0 Å². The van der Waals surface area contributed by atoms with Gasteiger partial charge in [-0.3, -0.25) is 9.59 Å². The molecule has 0 fully saturated rings. The predicted octanol–water partition coefficient (Wildman–Crippen LogP) is 1.35. The molecule has 0 spiro atoms. The molecule has 21 heavy (non-hydrogen) atoms. The number of anilines is 3. The second-order valence-corrected chi connectivity index (χ2v) is 5.02. The number of nitrogens with two attached hydrogens (primary N) is 1. The van der Waals surface area contributed by atoms with Crippen LogP contribution in [0.4, 0.5) is 17.1 Å². The van der Waals surface area contributed by atoms with E-state index in [2.05, 4.69) is 10.6 Å². The number of methoxy groups -OCH3 is 1. The Kier molecular flexibility index (Phi) is 4.04. The molecule has 0 aromatic heterocycles. The molecule has 114 valence electrons. The maximum atomic E-state index is 12.3. The zero-order chi connectivity index (χ0) is 15.6. The number of ether oxygens (including phenoxy) is 2. The molecular weight excluding hydrogens is 274 g/mol. The largest absolute Gasteiger partial charge is 0.482 e. The Morgan fingerprint density at radius 3 is 2.90 bits per heavy atom. The van der Waals surface area contributed by atoms with E-state index < -0.39 is 5.60 Å². The van der Waals surface area contributed by atoms with E-state index in [0.29, 0.717) is 29.2 Å². The second kappa shape index (κ2) is 5.61. The quantitative estimate of drug-likeness (QED) is 0.727. The minimum absolute atomic E-state index is 0.0459. The number of benzene rings is 1. The number of amides is 2. The van der Waals surface area contributed by atoms with Crippen LogP contribution in [0.5, 0.6) is 5.75 Å². The molecule has 2 amide bonds. The fourth-order valence-corrected chi connectivity index (χ4v) is 1.90. The molecule has 1 aromatic carbocycles. The van der Waals surface area contributed by atoms with Crippen molar-refractivity contribution in [1.82, 2.24) is 0 Å². The summed E-state index contributed by atoms with van der Waals surface area (Å²) in [5.41, 5.74) is 6.20. The maximum absolute atomic E-state index is 12.3. The van der Waals surface area contributed by atoms with Crippen molar-refractivity contribution < 1.29 is 19.1 Å². The molecule has 1 aliphatic heterocycles. The third kappa shape index (κ3) is 2.92. The van der Waals surface area contributed by atoms with E-state index in [1.807, 2.05) is 6.92 Å². The van der Waals surface area contributed by atoms with Gasteiger partial charge in [0.05, 0.1) is 17.1 Å². The molecule has 2 rings (SSSR count). The van der Waals surface area contributed by atoms with Crippen molar-refractivity contribution in [3.63, 3.8) is 0 Å².